The van der Waals surface area contributed by atoms with Gasteiger partial charge in [0.1, 0.15) is 11.9 Å². The van der Waals surface area contributed by atoms with Crippen molar-refractivity contribution in [2.75, 3.05) is 5.73 Å². The molecule has 0 radical (unpaired) electrons. The van der Waals surface area contributed by atoms with Gasteiger partial charge in [-0.1, -0.05) is 6.92 Å². The lowest BCUT2D eigenvalue weighted by molar-refractivity contribution is 0.187. The molecule has 3 nitrogen and oxygen atoms in total. The van der Waals surface area contributed by atoms with Crippen molar-refractivity contribution in [2.24, 2.45) is 5.73 Å². The van der Waals surface area contributed by atoms with Crippen LogP contribution in [0.15, 0.2) is 24.3 Å². The van der Waals surface area contributed by atoms with Gasteiger partial charge in [0.15, 0.2) is 0 Å². The molecule has 0 aromatic heterocycles. The Morgan fingerprint density at radius 2 is 1.86 bits per heavy atom. The molecule has 1 rings (SSSR count). The van der Waals surface area contributed by atoms with Crippen molar-refractivity contribution in [2.45, 2.75) is 32.4 Å². The fourth-order valence-electron chi connectivity index (χ4n) is 1.18. The van der Waals surface area contributed by atoms with Crippen LogP contribution in [-0.4, -0.2) is 12.1 Å². The highest BCUT2D eigenvalue weighted by Crippen LogP contribution is 2.15. The highest BCUT2D eigenvalue weighted by molar-refractivity contribution is 5.41. The number of hydrogen-bond donors (Lipinski definition) is 2. The molecule has 0 heterocycles. The van der Waals surface area contributed by atoms with E-state index in [9.17, 15) is 0 Å². The van der Waals surface area contributed by atoms with Gasteiger partial charge < -0.3 is 16.2 Å². The minimum absolute atomic E-state index is 0.0311. The summed E-state index contributed by atoms with van der Waals surface area (Å²) in [5.74, 6) is 0.815. The minimum Gasteiger partial charge on any atom is -0.489 e. The number of nitrogens with two attached hydrogens (primary N) is 2. The molecule has 0 amide bonds. The first kappa shape index (κ1) is 10.9. The van der Waals surface area contributed by atoms with E-state index in [1.807, 2.05) is 38.1 Å². The van der Waals surface area contributed by atoms with Gasteiger partial charge in [-0.2, -0.15) is 0 Å². The lowest BCUT2D eigenvalue weighted by atomic mass is 10.1. The number of ether oxygens (including phenoxy) is 1. The number of anilines is 1. The van der Waals surface area contributed by atoms with Crippen LogP contribution < -0.4 is 16.2 Å². The molecule has 0 aliphatic carbocycles. The summed E-state index contributed by atoms with van der Waals surface area (Å²) < 4.78 is 5.64. The largest absolute Gasteiger partial charge is 0.489 e. The van der Waals surface area contributed by atoms with Gasteiger partial charge in [0.25, 0.3) is 0 Å². The van der Waals surface area contributed by atoms with Gasteiger partial charge in [-0.15, -0.1) is 0 Å². The summed E-state index contributed by atoms with van der Waals surface area (Å²) in [5.41, 5.74) is 12.1. The van der Waals surface area contributed by atoms with E-state index in [0.29, 0.717) is 0 Å². The monoisotopic (exact) mass is 194 g/mol. The van der Waals surface area contributed by atoms with Crippen LogP contribution in [0.1, 0.15) is 20.3 Å². The molecule has 78 valence electrons. The van der Waals surface area contributed by atoms with E-state index >= 15 is 0 Å². The highest BCUT2D eigenvalue weighted by Gasteiger charge is 2.11. The van der Waals surface area contributed by atoms with Gasteiger partial charge in [-0.25, -0.2) is 0 Å². The van der Waals surface area contributed by atoms with E-state index in [-0.39, 0.29) is 12.1 Å². The Morgan fingerprint density at radius 3 is 2.36 bits per heavy atom. The SMILES string of the molecule is CCC(N)C(C)Oc1ccc(N)cc1. The molecule has 0 aliphatic rings. The topological polar surface area (TPSA) is 61.3 Å². The lowest BCUT2D eigenvalue weighted by Gasteiger charge is -2.20. The van der Waals surface area contributed by atoms with Crippen molar-refractivity contribution >= 4 is 5.69 Å². The van der Waals surface area contributed by atoms with E-state index in [1.165, 1.54) is 0 Å². The Kier molecular flexibility index (Phi) is 3.77. The predicted molar refractivity (Wildman–Crippen MR) is 59.2 cm³/mol. The summed E-state index contributed by atoms with van der Waals surface area (Å²) in [6.07, 6.45) is 0.944. The van der Waals surface area contributed by atoms with E-state index in [1.54, 1.807) is 0 Å². The van der Waals surface area contributed by atoms with Crippen molar-refractivity contribution < 1.29 is 4.74 Å². The van der Waals surface area contributed by atoms with Gasteiger partial charge in [0.2, 0.25) is 0 Å². The number of rotatable bonds is 4. The van der Waals surface area contributed by atoms with Crippen LogP contribution >= 0.6 is 0 Å². The first-order valence-corrected chi connectivity index (χ1v) is 4.91. The summed E-state index contributed by atoms with van der Waals surface area (Å²) in [5, 5.41) is 0. The zero-order chi connectivity index (χ0) is 10.6. The third-order valence-corrected chi connectivity index (χ3v) is 2.28. The highest BCUT2D eigenvalue weighted by atomic mass is 16.5. The van der Waals surface area contributed by atoms with Crippen LogP contribution in [-0.2, 0) is 0 Å². The lowest BCUT2D eigenvalue weighted by Crippen LogP contribution is -2.35. The molecule has 0 aliphatic heterocycles. The van der Waals surface area contributed by atoms with E-state index in [2.05, 4.69) is 0 Å². The van der Waals surface area contributed by atoms with Crippen molar-refractivity contribution in [1.29, 1.82) is 0 Å². The summed E-state index contributed by atoms with van der Waals surface area (Å²) in [4.78, 5) is 0. The molecule has 4 N–H and O–H groups in total. The van der Waals surface area contributed by atoms with Crippen LogP contribution in [0.25, 0.3) is 0 Å². The fraction of sp³-hybridized carbons (Fsp3) is 0.455. The molecule has 0 saturated heterocycles. The van der Waals surface area contributed by atoms with Crippen molar-refractivity contribution in [3.8, 4) is 5.75 Å². The summed E-state index contributed by atoms with van der Waals surface area (Å²) in [6, 6.07) is 7.43. The summed E-state index contributed by atoms with van der Waals surface area (Å²) in [6.45, 7) is 4.03. The van der Waals surface area contributed by atoms with Gasteiger partial charge in [0, 0.05) is 11.7 Å². The maximum absolute atomic E-state index is 5.84. The molecular formula is C11H18N2O. The number of hydrogen-bond acceptors (Lipinski definition) is 3. The minimum atomic E-state index is 0.0311. The molecule has 14 heavy (non-hydrogen) atoms. The quantitative estimate of drug-likeness (QED) is 0.718. The van der Waals surface area contributed by atoms with Crippen LogP contribution in [0.5, 0.6) is 5.75 Å². The zero-order valence-electron chi connectivity index (χ0n) is 8.73. The first-order valence-electron chi connectivity index (χ1n) is 4.91. The molecule has 1 aromatic carbocycles. The van der Waals surface area contributed by atoms with E-state index in [4.69, 9.17) is 16.2 Å². The molecule has 1 aromatic rings. The van der Waals surface area contributed by atoms with Crippen LogP contribution in [0.4, 0.5) is 5.69 Å². The second-order valence-electron chi connectivity index (χ2n) is 3.46. The molecule has 2 atom stereocenters. The Balaban J connectivity index is 2.56. The molecule has 0 spiro atoms. The second kappa shape index (κ2) is 4.86. The van der Waals surface area contributed by atoms with Gasteiger partial charge >= 0.3 is 0 Å². The van der Waals surface area contributed by atoms with Crippen LogP contribution in [0, 0.1) is 0 Å². The third kappa shape index (κ3) is 2.92. The molecule has 2 unspecified atom stereocenters. The predicted octanol–water partition coefficient (Wildman–Crippen LogP) is 1.77. The first-order chi connectivity index (χ1) is 6.63. The second-order valence-corrected chi connectivity index (χ2v) is 3.46. The Morgan fingerprint density at radius 1 is 1.29 bits per heavy atom. The Hall–Kier alpha value is -1.22. The fourth-order valence-corrected chi connectivity index (χ4v) is 1.18. The molecule has 0 fully saturated rings. The Bertz CT molecular complexity index is 271. The average Bonchev–Trinajstić information content (AvgIpc) is 2.20. The van der Waals surface area contributed by atoms with Crippen molar-refractivity contribution in [3.05, 3.63) is 24.3 Å². The maximum Gasteiger partial charge on any atom is 0.119 e. The molecule has 0 saturated carbocycles. The normalized spacial score (nSPS) is 14.8. The van der Waals surface area contributed by atoms with E-state index < -0.39 is 0 Å². The zero-order valence-corrected chi connectivity index (χ0v) is 8.73. The van der Waals surface area contributed by atoms with Crippen molar-refractivity contribution in [1.82, 2.24) is 0 Å². The van der Waals surface area contributed by atoms with Gasteiger partial charge in [-0.05, 0) is 37.6 Å². The number of benzene rings is 1. The Labute approximate surface area is 85.0 Å². The van der Waals surface area contributed by atoms with Crippen molar-refractivity contribution in [3.63, 3.8) is 0 Å². The standard InChI is InChI=1S/C11H18N2O/c1-3-11(13)8(2)14-10-6-4-9(12)5-7-10/h4-8,11H,3,12-13H2,1-2H3. The molecule has 0 bridgehead atoms. The maximum atomic E-state index is 5.84. The smallest absolute Gasteiger partial charge is 0.119 e. The van der Waals surface area contributed by atoms with Gasteiger partial charge in [-0.3, -0.25) is 0 Å². The molecule has 3 heteroatoms. The average molecular weight is 194 g/mol. The number of nitrogen functional groups attached to an aromatic ring is 1. The van der Waals surface area contributed by atoms with Gasteiger partial charge in [0.05, 0.1) is 0 Å². The third-order valence-electron chi connectivity index (χ3n) is 2.28. The van der Waals surface area contributed by atoms with Crippen LogP contribution in [0.3, 0.4) is 0 Å². The molecular weight excluding hydrogens is 176 g/mol. The summed E-state index contributed by atoms with van der Waals surface area (Å²) in [7, 11) is 0. The van der Waals surface area contributed by atoms with Crippen LogP contribution in [0.2, 0.25) is 0 Å². The summed E-state index contributed by atoms with van der Waals surface area (Å²) >= 11 is 0. The van der Waals surface area contributed by atoms with E-state index in [0.717, 1.165) is 17.9 Å².